The molecule has 0 radical (unpaired) electrons. The number of rotatable bonds is 0. The lowest BCUT2D eigenvalue weighted by molar-refractivity contribution is -0.0631. The molecule has 106 valence electrons. The Kier molecular flexibility index (Phi) is 2.68. The fourth-order valence-corrected chi connectivity index (χ4v) is 4.51. The average molecular weight is 264 g/mol. The molecule has 1 heterocycles. The molecule has 19 heavy (non-hydrogen) atoms. The largest absolute Gasteiger partial charge is 0.490 e. The summed E-state index contributed by atoms with van der Waals surface area (Å²) in [5, 5.41) is 21.4. The zero-order chi connectivity index (χ0) is 14.0. The van der Waals surface area contributed by atoms with Crippen LogP contribution >= 0.6 is 0 Å². The first-order valence-electron chi connectivity index (χ1n) is 7.22. The highest BCUT2D eigenvalue weighted by molar-refractivity contribution is 5.30. The monoisotopic (exact) mass is 264 g/mol. The van der Waals surface area contributed by atoms with E-state index in [-0.39, 0.29) is 23.9 Å². The van der Waals surface area contributed by atoms with Gasteiger partial charge in [-0.3, -0.25) is 0 Å². The van der Waals surface area contributed by atoms with E-state index in [2.05, 4.69) is 13.2 Å². The summed E-state index contributed by atoms with van der Waals surface area (Å²) in [5.41, 5.74) is -0.521. The van der Waals surface area contributed by atoms with Gasteiger partial charge in [0.25, 0.3) is 0 Å². The Morgan fingerprint density at radius 1 is 1.16 bits per heavy atom. The normalized spacial score (nSPS) is 53.5. The van der Waals surface area contributed by atoms with Crippen molar-refractivity contribution in [3.63, 3.8) is 0 Å². The van der Waals surface area contributed by atoms with Crippen LogP contribution < -0.4 is 0 Å². The Morgan fingerprint density at radius 2 is 1.84 bits per heavy atom. The molecule has 1 saturated heterocycles. The first-order valence-corrected chi connectivity index (χ1v) is 7.22. The van der Waals surface area contributed by atoms with Crippen molar-refractivity contribution in [2.75, 3.05) is 0 Å². The van der Waals surface area contributed by atoms with Crippen LogP contribution in [-0.2, 0) is 4.74 Å². The molecule has 0 amide bonds. The van der Waals surface area contributed by atoms with Gasteiger partial charge < -0.3 is 14.9 Å². The molecule has 0 aromatic heterocycles. The van der Waals surface area contributed by atoms with Crippen molar-refractivity contribution < 1.29 is 14.9 Å². The van der Waals surface area contributed by atoms with Gasteiger partial charge in [0, 0.05) is 12.3 Å². The fourth-order valence-electron chi connectivity index (χ4n) is 4.51. The van der Waals surface area contributed by atoms with Gasteiger partial charge in [0.05, 0.1) is 11.2 Å². The first-order chi connectivity index (χ1) is 8.72. The van der Waals surface area contributed by atoms with Crippen LogP contribution in [-0.4, -0.2) is 27.5 Å². The van der Waals surface area contributed by atoms with Crippen LogP contribution in [0, 0.1) is 17.8 Å². The van der Waals surface area contributed by atoms with Gasteiger partial charge >= 0.3 is 0 Å². The molecular weight excluding hydrogens is 240 g/mol. The summed E-state index contributed by atoms with van der Waals surface area (Å²) < 4.78 is 5.79. The van der Waals surface area contributed by atoms with E-state index >= 15 is 0 Å². The van der Waals surface area contributed by atoms with Crippen LogP contribution in [0.4, 0.5) is 0 Å². The van der Waals surface area contributed by atoms with Crippen molar-refractivity contribution in [2.45, 2.75) is 56.8 Å². The van der Waals surface area contributed by atoms with Crippen molar-refractivity contribution in [3.05, 3.63) is 24.5 Å². The fraction of sp³-hybridized carbons (Fsp3) is 0.750. The van der Waals surface area contributed by atoms with Crippen molar-refractivity contribution in [1.29, 1.82) is 0 Å². The predicted octanol–water partition coefficient (Wildman–Crippen LogP) is 2.39. The van der Waals surface area contributed by atoms with Crippen LogP contribution in [0.2, 0.25) is 0 Å². The maximum atomic E-state index is 10.8. The molecule has 1 aliphatic heterocycles. The third-order valence-electron chi connectivity index (χ3n) is 5.72. The second-order valence-electron chi connectivity index (χ2n) is 7.12. The smallest absolute Gasteiger partial charge is 0.115 e. The summed E-state index contributed by atoms with van der Waals surface area (Å²) in [7, 11) is 0. The van der Waals surface area contributed by atoms with Crippen molar-refractivity contribution >= 4 is 0 Å². The highest BCUT2D eigenvalue weighted by Crippen LogP contribution is 2.55. The first kappa shape index (κ1) is 13.2. The topological polar surface area (TPSA) is 49.7 Å². The van der Waals surface area contributed by atoms with E-state index in [0.29, 0.717) is 12.2 Å². The second-order valence-corrected chi connectivity index (χ2v) is 7.12. The van der Waals surface area contributed by atoms with Gasteiger partial charge in [-0.05, 0) is 50.5 Å². The minimum absolute atomic E-state index is 0.0311. The number of fused-ring (bicyclic) bond motifs is 2. The third-order valence-corrected chi connectivity index (χ3v) is 5.72. The molecule has 0 bridgehead atoms. The van der Waals surface area contributed by atoms with Crippen molar-refractivity contribution in [2.24, 2.45) is 17.8 Å². The molecule has 3 rings (SSSR count). The Hall–Kier alpha value is -0.800. The lowest BCUT2D eigenvalue weighted by Crippen LogP contribution is -2.41. The van der Waals surface area contributed by atoms with E-state index in [4.69, 9.17) is 4.74 Å². The maximum Gasteiger partial charge on any atom is 0.115 e. The molecule has 2 saturated carbocycles. The Morgan fingerprint density at radius 3 is 2.53 bits per heavy atom. The van der Waals surface area contributed by atoms with Gasteiger partial charge in [0.15, 0.2) is 0 Å². The van der Waals surface area contributed by atoms with Crippen LogP contribution in [0.25, 0.3) is 0 Å². The SMILES string of the molecule is C=C1OC2CC(C)(O)C3CCC(C)(O)C3CC2C1=C. The van der Waals surface area contributed by atoms with E-state index in [1.54, 1.807) is 0 Å². The lowest BCUT2D eigenvalue weighted by Gasteiger charge is -2.35. The molecule has 3 heteroatoms. The quantitative estimate of drug-likeness (QED) is 0.706. The molecule has 6 unspecified atom stereocenters. The number of allylic oxidation sites excluding steroid dienone is 1. The minimum atomic E-state index is -0.782. The molecule has 0 spiro atoms. The number of ether oxygens (including phenoxy) is 1. The molecule has 3 aliphatic rings. The van der Waals surface area contributed by atoms with E-state index in [1.165, 1.54) is 0 Å². The van der Waals surface area contributed by atoms with Gasteiger partial charge in [-0.1, -0.05) is 13.2 Å². The zero-order valence-corrected chi connectivity index (χ0v) is 11.9. The van der Waals surface area contributed by atoms with Crippen molar-refractivity contribution in [1.82, 2.24) is 0 Å². The number of hydrogen-bond acceptors (Lipinski definition) is 3. The van der Waals surface area contributed by atoms with E-state index in [0.717, 1.165) is 24.8 Å². The molecule has 3 nitrogen and oxygen atoms in total. The summed E-state index contributed by atoms with van der Waals surface area (Å²) in [6.07, 6.45) is 3.07. The minimum Gasteiger partial charge on any atom is -0.490 e. The highest BCUT2D eigenvalue weighted by atomic mass is 16.5. The Bertz CT molecular complexity index is 435. The van der Waals surface area contributed by atoms with E-state index in [9.17, 15) is 10.2 Å². The molecule has 0 aromatic carbocycles. The summed E-state index contributed by atoms with van der Waals surface area (Å²) in [5.74, 6) is 1.11. The summed E-state index contributed by atoms with van der Waals surface area (Å²) in [6.45, 7) is 11.8. The average Bonchev–Trinajstić information content (AvgIpc) is 2.66. The summed E-state index contributed by atoms with van der Waals surface area (Å²) >= 11 is 0. The Balaban J connectivity index is 1.98. The molecule has 3 fully saturated rings. The maximum absolute atomic E-state index is 10.8. The van der Waals surface area contributed by atoms with Gasteiger partial charge in [-0.15, -0.1) is 0 Å². The molecular formula is C16H24O3. The van der Waals surface area contributed by atoms with E-state index in [1.807, 2.05) is 13.8 Å². The summed E-state index contributed by atoms with van der Waals surface area (Å²) in [4.78, 5) is 0. The van der Waals surface area contributed by atoms with Crippen LogP contribution in [0.1, 0.15) is 39.5 Å². The molecule has 6 atom stereocenters. The number of aliphatic hydroxyl groups is 2. The number of hydrogen-bond donors (Lipinski definition) is 2. The van der Waals surface area contributed by atoms with Crippen molar-refractivity contribution in [3.8, 4) is 0 Å². The second kappa shape index (κ2) is 3.86. The zero-order valence-electron chi connectivity index (χ0n) is 11.9. The molecule has 0 aromatic rings. The standard InChI is InChI=1S/C16H24O3/c1-9-10(2)19-14-8-16(4,18)12-5-6-15(3,17)13(12)7-11(9)14/h11-14,17-18H,1-2,5-8H2,3-4H3. The molecule has 2 N–H and O–H groups in total. The third kappa shape index (κ3) is 1.86. The van der Waals surface area contributed by atoms with Gasteiger partial charge in [0.2, 0.25) is 0 Å². The lowest BCUT2D eigenvalue weighted by atomic mass is 9.76. The predicted molar refractivity (Wildman–Crippen MR) is 73.3 cm³/mol. The van der Waals surface area contributed by atoms with Gasteiger partial charge in [-0.2, -0.15) is 0 Å². The van der Waals surface area contributed by atoms with Crippen LogP contribution in [0.15, 0.2) is 24.5 Å². The molecule has 2 aliphatic carbocycles. The van der Waals surface area contributed by atoms with Crippen LogP contribution in [0.5, 0.6) is 0 Å². The van der Waals surface area contributed by atoms with E-state index < -0.39 is 11.2 Å². The van der Waals surface area contributed by atoms with Gasteiger partial charge in [-0.25, -0.2) is 0 Å². The highest BCUT2D eigenvalue weighted by Gasteiger charge is 2.56. The Labute approximate surface area is 115 Å². The van der Waals surface area contributed by atoms with Crippen LogP contribution in [0.3, 0.4) is 0 Å². The summed E-state index contributed by atoms with van der Waals surface area (Å²) in [6, 6.07) is 0. The van der Waals surface area contributed by atoms with Gasteiger partial charge in [0.1, 0.15) is 11.9 Å².